The van der Waals surface area contributed by atoms with E-state index in [-0.39, 0.29) is 11.9 Å². The number of rotatable bonds is 5. The van der Waals surface area contributed by atoms with Crippen molar-refractivity contribution < 1.29 is 9.13 Å². The van der Waals surface area contributed by atoms with Gasteiger partial charge in [0.1, 0.15) is 5.82 Å². The molecule has 0 bridgehead atoms. The topological polar surface area (TPSA) is 35.2 Å². The molecule has 4 heteroatoms. The molecule has 0 aliphatic carbocycles. The first-order valence-electron chi connectivity index (χ1n) is 5.33. The molecule has 2 unspecified atom stereocenters. The second-order valence-electron chi connectivity index (χ2n) is 3.75. The molecule has 0 heterocycles. The predicted molar refractivity (Wildman–Crippen MR) is 64.0 cm³/mol. The van der Waals surface area contributed by atoms with Crippen molar-refractivity contribution in [3.05, 3.63) is 34.6 Å². The number of methoxy groups -OCH3 is 1. The first kappa shape index (κ1) is 13.4. The van der Waals surface area contributed by atoms with Crippen molar-refractivity contribution in [2.24, 2.45) is 5.73 Å². The minimum absolute atomic E-state index is 0.166. The van der Waals surface area contributed by atoms with Crippen molar-refractivity contribution in [2.45, 2.75) is 31.9 Å². The summed E-state index contributed by atoms with van der Waals surface area (Å²) in [4.78, 5) is 0. The van der Waals surface area contributed by atoms with Crippen LogP contribution in [-0.4, -0.2) is 13.2 Å². The van der Waals surface area contributed by atoms with E-state index in [9.17, 15) is 4.39 Å². The van der Waals surface area contributed by atoms with Crippen LogP contribution in [0.25, 0.3) is 0 Å². The van der Waals surface area contributed by atoms with E-state index in [0.717, 1.165) is 12.8 Å². The van der Waals surface area contributed by atoms with Gasteiger partial charge in [-0.2, -0.15) is 0 Å². The lowest BCUT2D eigenvalue weighted by molar-refractivity contribution is 0.0715. The molecule has 16 heavy (non-hydrogen) atoms. The summed E-state index contributed by atoms with van der Waals surface area (Å²) in [5.74, 6) is -0.377. The zero-order valence-corrected chi connectivity index (χ0v) is 10.3. The summed E-state index contributed by atoms with van der Waals surface area (Å²) < 4.78 is 18.9. The predicted octanol–water partition coefficient (Wildman–Crippen LogP) is 3.29. The molecular formula is C12H17ClFNO. The normalized spacial score (nSPS) is 14.8. The molecule has 2 atom stereocenters. The highest BCUT2D eigenvalue weighted by molar-refractivity contribution is 6.30. The molecule has 0 saturated carbocycles. The van der Waals surface area contributed by atoms with E-state index in [4.69, 9.17) is 22.1 Å². The Bertz CT molecular complexity index is 346. The molecule has 0 radical (unpaired) electrons. The first-order valence-corrected chi connectivity index (χ1v) is 5.71. The quantitative estimate of drug-likeness (QED) is 0.864. The van der Waals surface area contributed by atoms with E-state index in [1.54, 1.807) is 19.2 Å². The molecule has 1 rings (SSSR count). The summed E-state index contributed by atoms with van der Waals surface area (Å²) in [7, 11) is 1.59. The molecule has 0 saturated heterocycles. The zero-order chi connectivity index (χ0) is 12.1. The molecule has 0 aromatic heterocycles. The van der Waals surface area contributed by atoms with Gasteiger partial charge in [0.15, 0.2) is 0 Å². The van der Waals surface area contributed by atoms with E-state index in [2.05, 4.69) is 0 Å². The van der Waals surface area contributed by atoms with Crippen LogP contribution >= 0.6 is 11.6 Å². The van der Waals surface area contributed by atoms with Crippen LogP contribution in [0.15, 0.2) is 18.2 Å². The second-order valence-corrected chi connectivity index (χ2v) is 4.19. The summed E-state index contributed by atoms with van der Waals surface area (Å²) in [6, 6.07) is 4.07. The number of benzene rings is 1. The maximum Gasteiger partial charge on any atom is 0.129 e. The fourth-order valence-corrected chi connectivity index (χ4v) is 1.86. The van der Waals surface area contributed by atoms with Gasteiger partial charge < -0.3 is 10.5 Å². The smallest absolute Gasteiger partial charge is 0.129 e. The molecule has 1 aromatic rings. The molecule has 1 aromatic carbocycles. The number of hydrogen-bond acceptors (Lipinski definition) is 2. The lowest BCUT2D eigenvalue weighted by Gasteiger charge is -2.22. The zero-order valence-electron chi connectivity index (χ0n) is 9.54. The fraction of sp³-hybridized carbons (Fsp3) is 0.500. The fourth-order valence-electron chi connectivity index (χ4n) is 1.70. The van der Waals surface area contributed by atoms with Crippen molar-refractivity contribution in [1.29, 1.82) is 0 Å². The Kier molecular flexibility index (Phi) is 5.19. The largest absolute Gasteiger partial charge is 0.379 e. The molecule has 0 spiro atoms. The van der Waals surface area contributed by atoms with E-state index in [1.807, 2.05) is 6.92 Å². The van der Waals surface area contributed by atoms with E-state index in [1.165, 1.54) is 6.07 Å². The van der Waals surface area contributed by atoms with Crippen LogP contribution in [0.3, 0.4) is 0 Å². The highest BCUT2D eigenvalue weighted by Crippen LogP contribution is 2.24. The van der Waals surface area contributed by atoms with Crippen LogP contribution < -0.4 is 5.73 Å². The molecule has 0 aliphatic rings. The SMILES string of the molecule is CCCC(OC)C(N)c1ccc(Cl)cc1F. The van der Waals surface area contributed by atoms with Crippen LogP contribution in [0, 0.1) is 5.82 Å². The lowest BCUT2D eigenvalue weighted by Crippen LogP contribution is -2.28. The van der Waals surface area contributed by atoms with Crippen LogP contribution in [0.2, 0.25) is 5.02 Å². The van der Waals surface area contributed by atoms with Crippen molar-refractivity contribution in [3.63, 3.8) is 0 Å². The third kappa shape index (κ3) is 3.17. The maximum atomic E-state index is 13.6. The number of halogens is 2. The Morgan fingerprint density at radius 2 is 2.19 bits per heavy atom. The van der Waals surface area contributed by atoms with Gasteiger partial charge in [-0.25, -0.2) is 4.39 Å². The van der Waals surface area contributed by atoms with Crippen molar-refractivity contribution in [3.8, 4) is 0 Å². The van der Waals surface area contributed by atoms with Gasteiger partial charge in [-0.3, -0.25) is 0 Å². The van der Waals surface area contributed by atoms with Crippen LogP contribution in [-0.2, 0) is 4.74 Å². The van der Waals surface area contributed by atoms with E-state index >= 15 is 0 Å². The Morgan fingerprint density at radius 3 is 2.69 bits per heavy atom. The molecule has 2 N–H and O–H groups in total. The van der Waals surface area contributed by atoms with Crippen molar-refractivity contribution in [1.82, 2.24) is 0 Å². The van der Waals surface area contributed by atoms with Crippen LogP contribution in [0.5, 0.6) is 0 Å². The highest BCUT2D eigenvalue weighted by Gasteiger charge is 2.21. The van der Waals surface area contributed by atoms with E-state index < -0.39 is 6.04 Å². The molecule has 0 fully saturated rings. The van der Waals surface area contributed by atoms with Crippen LogP contribution in [0.1, 0.15) is 31.4 Å². The average Bonchev–Trinajstić information content (AvgIpc) is 2.25. The standard InChI is InChI=1S/C12H17ClFNO/c1-3-4-11(16-2)12(15)9-6-5-8(13)7-10(9)14/h5-7,11-12H,3-4,15H2,1-2H3. The third-order valence-corrected chi connectivity index (χ3v) is 2.83. The average molecular weight is 246 g/mol. The summed E-state index contributed by atoms with van der Waals surface area (Å²) in [6.45, 7) is 2.04. The molecule has 0 aliphatic heterocycles. The number of hydrogen-bond donors (Lipinski definition) is 1. The van der Waals surface area contributed by atoms with Crippen LogP contribution in [0.4, 0.5) is 4.39 Å². The first-order chi connectivity index (χ1) is 7.60. The highest BCUT2D eigenvalue weighted by atomic mass is 35.5. The van der Waals surface area contributed by atoms with Crippen molar-refractivity contribution in [2.75, 3.05) is 7.11 Å². The van der Waals surface area contributed by atoms with Crippen molar-refractivity contribution >= 4 is 11.6 Å². The minimum atomic E-state index is -0.456. The van der Waals surface area contributed by atoms with Gasteiger partial charge in [-0.15, -0.1) is 0 Å². The number of ether oxygens (including phenoxy) is 1. The molecular weight excluding hydrogens is 229 g/mol. The van der Waals surface area contributed by atoms with Gasteiger partial charge in [-0.1, -0.05) is 31.0 Å². The van der Waals surface area contributed by atoms with Gasteiger partial charge in [-0.05, 0) is 18.6 Å². The Hall–Kier alpha value is -0.640. The van der Waals surface area contributed by atoms with Gasteiger partial charge in [0, 0.05) is 17.7 Å². The van der Waals surface area contributed by atoms with E-state index in [0.29, 0.717) is 10.6 Å². The Labute approximate surface area is 101 Å². The van der Waals surface area contributed by atoms with Gasteiger partial charge in [0.25, 0.3) is 0 Å². The molecule has 2 nitrogen and oxygen atoms in total. The van der Waals surface area contributed by atoms with Gasteiger partial charge in [0.05, 0.1) is 12.1 Å². The minimum Gasteiger partial charge on any atom is -0.379 e. The summed E-state index contributed by atoms with van der Waals surface area (Å²) >= 11 is 5.68. The Balaban J connectivity index is 2.89. The third-order valence-electron chi connectivity index (χ3n) is 2.60. The summed E-state index contributed by atoms with van der Waals surface area (Å²) in [6.07, 6.45) is 1.59. The monoisotopic (exact) mass is 245 g/mol. The molecule has 0 amide bonds. The maximum absolute atomic E-state index is 13.6. The molecule has 90 valence electrons. The van der Waals surface area contributed by atoms with Gasteiger partial charge in [0.2, 0.25) is 0 Å². The van der Waals surface area contributed by atoms with Gasteiger partial charge >= 0.3 is 0 Å². The summed E-state index contributed by atoms with van der Waals surface area (Å²) in [5.41, 5.74) is 6.43. The number of nitrogens with two attached hydrogens (primary N) is 1. The summed E-state index contributed by atoms with van der Waals surface area (Å²) in [5, 5.41) is 0.373. The lowest BCUT2D eigenvalue weighted by atomic mass is 9.98. The Morgan fingerprint density at radius 1 is 1.50 bits per heavy atom. The second kappa shape index (κ2) is 6.18.